The van der Waals surface area contributed by atoms with Gasteiger partial charge < -0.3 is 14.8 Å². The van der Waals surface area contributed by atoms with Crippen LogP contribution >= 0.6 is 8.58 Å². The normalized spacial score (nSPS) is 12.2. The molecule has 0 aromatic heterocycles. The van der Waals surface area contributed by atoms with E-state index in [1.54, 1.807) is 7.11 Å². The first-order chi connectivity index (χ1) is 19.1. The molecule has 1 unspecified atom stereocenters. The molecule has 0 aliphatic rings. The van der Waals surface area contributed by atoms with E-state index in [-0.39, 0.29) is 17.5 Å². The van der Waals surface area contributed by atoms with Gasteiger partial charge in [0, 0.05) is 36.3 Å². The van der Waals surface area contributed by atoms with Gasteiger partial charge in [-0.25, -0.2) is 0 Å². The monoisotopic (exact) mass is 553 g/mol. The van der Waals surface area contributed by atoms with Gasteiger partial charge in [-0.05, 0) is 60.3 Å². The van der Waals surface area contributed by atoms with Gasteiger partial charge in [0.2, 0.25) is 0 Å². The number of ether oxygens (including phenoxy) is 2. The maximum atomic E-state index is 6.41. The van der Waals surface area contributed by atoms with Crippen LogP contribution in [0.3, 0.4) is 0 Å². The number of hydrogen-bond donors (Lipinski definition) is 1. The summed E-state index contributed by atoms with van der Waals surface area (Å²) in [6.07, 6.45) is 1.69. The summed E-state index contributed by atoms with van der Waals surface area (Å²) in [6.45, 7) is 12.4. The van der Waals surface area contributed by atoms with Crippen LogP contribution in [0.2, 0.25) is 0 Å². The van der Waals surface area contributed by atoms with E-state index in [0.29, 0.717) is 8.58 Å². The molecule has 0 saturated carbocycles. The van der Waals surface area contributed by atoms with Crippen LogP contribution in [-0.4, -0.2) is 19.4 Å². The standard InChI is InChI=1S/C36H44NO2P/c1-35(2,3)37-25-30-19-13-14-20-33(30)40-36(4,5)32-24-29(21-27-15-9-7-10-16-27)23-31(34(32)39-26-38-6)22-28-17-11-8-12-18-28/h7-20,23-24,37,40H,21-22,25-26H2,1-6H3. The molecule has 40 heavy (non-hydrogen) atoms. The molecule has 1 N–H and O–H groups in total. The Morgan fingerprint density at radius 2 is 1.27 bits per heavy atom. The van der Waals surface area contributed by atoms with Gasteiger partial charge in [-0.2, -0.15) is 0 Å². The van der Waals surface area contributed by atoms with Crippen molar-refractivity contribution in [3.63, 3.8) is 0 Å². The second-order valence-electron chi connectivity index (χ2n) is 12.0. The van der Waals surface area contributed by atoms with Crippen molar-refractivity contribution in [3.05, 3.63) is 130 Å². The fourth-order valence-corrected chi connectivity index (χ4v) is 6.45. The Morgan fingerprint density at radius 1 is 0.675 bits per heavy atom. The highest BCUT2D eigenvalue weighted by atomic mass is 31.1. The zero-order chi connectivity index (χ0) is 28.6. The number of rotatable bonds is 12. The molecular weight excluding hydrogens is 509 g/mol. The van der Waals surface area contributed by atoms with Crippen molar-refractivity contribution in [2.24, 2.45) is 0 Å². The zero-order valence-electron chi connectivity index (χ0n) is 24.9. The van der Waals surface area contributed by atoms with Crippen molar-refractivity contribution in [1.82, 2.24) is 5.32 Å². The Bertz CT molecular complexity index is 1360. The van der Waals surface area contributed by atoms with Crippen LogP contribution in [0.15, 0.2) is 97.1 Å². The van der Waals surface area contributed by atoms with Crippen molar-refractivity contribution < 1.29 is 9.47 Å². The van der Waals surface area contributed by atoms with Crippen LogP contribution in [0.4, 0.5) is 0 Å². The Labute approximate surface area is 243 Å². The molecule has 3 nitrogen and oxygen atoms in total. The Hall–Kier alpha value is -2.97. The number of hydrogen-bond acceptors (Lipinski definition) is 3. The lowest BCUT2D eigenvalue weighted by molar-refractivity contribution is 0.0495. The molecule has 4 heteroatoms. The topological polar surface area (TPSA) is 30.5 Å². The van der Waals surface area contributed by atoms with Gasteiger partial charge in [0.25, 0.3) is 0 Å². The number of benzene rings is 4. The van der Waals surface area contributed by atoms with Crippen LogP contribution in [0.1, 0.15) is 68.0 Å². The summed E-state index contributed by atoms with van der Waals surface area (Å²) in [5.41, 5.74) is 7.74. The van der Waals surface area contributed by atoms with E-state index in [0.717, 1.165) is 25.1 Å². The molecule has 0 fully saturated rings. The molecule has 0 saturated heterocycles. The van der Waals surface area contributed by atoms with Crippen LogP contribution in [0.5, 0.6) is 5.75 Å². The maximum Gasteiger partial charge on any atom is 0.188 e. The molecule has 0 aliphatic heterocycles. The first-order valence-corrected chi connectivity index (χ1v) is 15.1. The highest BCUT2D eigenvalue weighted by Gasteiger charge is 2.29. The average Bonchev–Trinajstić information content (AvgIpc) is 2.92. The number of nitrogens with one attached hydrogen (secondary N) is 1. The molecule has 4 aromatic carbocycles. The van der Waals surface area contributed by atoms with Crippen LogP contribution in [-0.2, 0) is 29.3 Å². The van der Waals surface area contributed by atoms with Gasteiger partial charge >= 0.3 is 0 Å². The molecule has 0 spiro atoms. The summed E-state index contributed by atoms with van der Waals surface area (Å²) in [7, 11) is 2.26. The molecule has 4 rings (SSSR count). The summed E-state index contributed by atoms with van der Waals surface area (Å²) in [5, 5.41) is 4.91. The predicted molar refractivity (Wildman–Crippen MR) is 171 cm³/mol. The molecule has 0 bridgehead atoms. The lowest BCUT2D eigenvalue weighted by atomic mass is 9.90. The Morgan fingerprint density at radius 3 is 1.90 bits per heavy atom. The fourth-order valence-electron chi connectivity index (χ4n) is 4.95. The Balaban J connectivity index is 1.78. The van der Waals surface area contributed by atoms with Crippen molar-refractivity contribution in [2.45, 2.75) is 64.7 Å². The quantitative estimate of drug-likeness (QED) is 0.143. The first-order valence-electron chi connectivity index (χ1n) is 14.1. The third-order valence-electron chi connectivity index (χ3n) is 6.98. The third kappa shape index (κ3) is 8.51. The fraction of sp³-hybridized carbons (Fsp3) is 0.333. The summed E-state index contributed by atoms with van der Waals surface area (Å²) in [6, 6.07) is 34.9. The largest absolute Gasteiger partial charge is 0.467 e. The first kappa shape index (κ1) is 30.0. The van der Waals surface area contributed by atoms with Crippen molar-refractivity contribution in [2.75, 3.05) is 13.9 Å². The average molecular weight is 554 g/mol. The van der Waals surface area contributed by atoms with Crippen molar-refractivity contribution in [3.8, 4) is 5.75 Å². The minimum absolute atomic E-state index is 0.0605. The molecule has 210 valence electrons. The molecule has 4 aromatic rings. The van der Waals surface area contributed by atoms with Gasteiger partial charge in [-0.15, -0.1) is 0 Å². The second-order valence-corrected chi connectivity index (χ2v) is 14.1. The van der Waals surface area contributed by atoms with Gasteiger partial charge in [-0.3, -0.25) is 0 Å². The Kier molecular flexibility index (Phi) is 10.2. The molecule has 0 amide bonds. The van der Waals surface area contributed by atoms with E-state index in [4.69, 9.17) is 9.47 Å². The van der Waals surface area contributed by atoms with Gasteiger partial charge in [-0.1, -0.05) is 119 Å². The van der Waals surface area contributed by atoms with E-state index < -0.39 is 0 Å². The van der Waals surface area contributed by atoms with Crippen molar-refractivity contribution in [1.29, 1.82) is 0 Å². The highest BCUT2D eigenvalue weighted by molar-refractivity contribution is 7.48. The van der Waals surface area contributed by atoms with E-state index in [1.165, 1.54) is 38.7 Å². The van der Waals surface area contributed by atoms with Crippen LogP contribution in [0, 0.1) is 0 Å². The van der Waals surface area contributed by atoms with Crippen LogP contribution < -0.4 is 15.4 Å². The summed E-state index contributed by atoms with van der Waals surface area (Å²) in [4.78, 5) is 0. The molecule has 1 atom stereocenters. The van der Waals surface area contributed by atoms with E-state index >= 15 is 0 Å². The molecule has 0 heterocycles. The SMILES string of the molecule is COCOc1c(Cc2ccccc2)cc(Cc2ccccc2)cc1C(C)(C)Pc1ccccc1CNC(C)(C)C. The number of methoxy groups -OCH3 is 1. The lowest BCUT2D eigenvalue weighted by Crippen LogP contribution is -2.36. The molecule has 0 aliphatic carbocycles. The minimum Gasteiger partial charge on any atom is -0.467 e. The summed E-state index contributed by atoms with van der Waals surface area (Å²) >= 11 is 0. The van der Waals surface area contributed by atoms with Crippen LogP contribution in [0.25, 0.3) is 0 Å². The zero-order valence-corrected chi connectivity index (χ0v) is 25.9. The summed E-state index contributed by atoms with van der Waals surface area (Å²) < 4.78 is 11.8. The van der Waals surface area contributed by atoms with Gasteiger partial charge in [0.05, 0.1) is 0 Å². The smallest absolute Gasteiger partial charge is 0.188 e. The van der Waals surface area contributed by atoms with E-state index in [1.807, 2.05) is 0 Å². The maximum absolute atomic E-state index is 6.41. The molecule has 0 radical (unpaired) electrons. The summed E-state index contributed by atoms with van der Waals surface area (Å²) in [5.74, 6) is 0.949. The predicted octanol–water partition coefficient (Wildman–Crippen LogP) is 7.98. The highest BCUT2D eigenvalue weighted by Crippen LogP contribution is 2.47. The van der Waals surface area contributed by atoms with Gasteiger partial charge in [0.1, 0.15) is 5.75 Å². The lowest BCUT2D eigenvalue weighted by Gasteiger charge is -2.31. The minimum atomic E-state index is -0.154. The third-order valence-corrected chi connectivity index (χ3v) is 8.63. The molecular formula is C36H44NO2P. The van der Waals surface area contributed by atoms with Crippen molar-refractivity contribution >= 4 is 13.9 Å². The second kappa shape index (κ2) is 13.6. The van der Waals surface area contributed by atoms with E-state index in [2.05, 4.69) is 137 Å². The van der Waals surface area contributed by atoms with Gasteiger partial charge in [0.15, 0.2) is 6.79 Å². The van der Waals surface area contributed by atoms with E-state index in [9.17, 15) is 0 Å².